The van der Waals surface area contributed by atoms with Gasteiger partial charge >= 0.3 is 5.97 Å². The van der Waals surface area contributed by atoms with Gasteiger partial charge in [-0.3, -0.25) is 14.8 Å². The SMILES string of the molecule is Cc1cnc(C(O)CC(=O)O)cn1. The number of aliphatic carboxylic acids is 1. The van der Waals surface area contributed by atoms with Gasteiger partial charge in [0.1, 0.15) is 6.10 Å². The van der Waals surface area contributed by atoms with E-state index in [1.54, 1.807) is 6.92 Å². The van der Waals surface area contributed by atoms with Crippen LogP contribution < -0.4 is 0 Å². The minimum Gasteiger partial charge on any atom is -0.481 e. The lowest BCUT2D eigenvalue weighted by molar-refractivity contribution is -0.139. The Bertz CT molecular complexity index is 297. The normalized spacial score (nSPS) is 12.5. The molecule has 0 aliphatic rings. The van der Waals surface area contributed by atoms with Gasteiger partial charge in [-0.1, -0.05) is 0 Å². The quantitative estimate of drug-likeness (QED) is 0.702. The van der Waals surface area contributed by atoms with E-state index in [1.165, 1.54) is 12.4 Å². The molecule has 1 aromatic rings. The van der Waals surface area contributed by atoms with Gasteiger partial charge < -0.3 is 10.2 Å². The molecule has 0 aliphatic heterocycles. The van der Waals surface area contributed by atoms with E-state index in [9.17, 15) is 9.90 Å². The van der Waals surface area contributed by atoms with Crippen molar-refractivity contribution in [2.45, 2.75) is 19.4 Å². The molecule has 0 radical (unpaired) electrons. The Morgan fingerprint density at radius 3 is 2.69 bits per heavy atom. The fraction of sp³-hybridized carbons (Fsp3) is 0.375. The van der Waals surface area contributed by atoms with Gasteiger partial charge in [-0.15, -0.1) is 0 Å². The maximum Gasteiger partial charge on any atom is 0.306 e. The van der Waals surface area contributed by atoms with Gasteiger partial charge in [0.2, 0.25) is 0 Å². The largest absolute Gasteiger partial charge is 0.481 e. The van der Waals surface area contributed by atoms with Crippen molar-refractivity contribution in [2.75, 3.05) is 0 Å². The molecule has 0 aromatic carbocycles. The summed E-state index contributed by atoms with van der Waals surface area (Å²) in [6.07, 6.45) is 1.44. The van der Waals surface area contributed by atoms with Crippen LogP contribution in [0.4, 0.5) is 0 Å². The van der Waals surface area contributed by atoms with Crippen LogP contribution in [-0.4, -0.2) is 26.2 Å². The first-order valence-electron chi connectivity index (χ1n) is 3.78. The molecule has 1 heterocycles. The van der Waals surface area contributed by atoms with Gasteiger partial charge in [0.25, 0.3) is 0 Å². The molecule has 1 rings (SSSR count). The Morgan fingerprint density at radius 2 is 2.23 bits per heavy atom. The van der Waals surface area contributed by atoms with Crippen LogP contribution in [0.5, 0.6) is 0 Å². The molecule has 13 heavy (non-hydrogen) atoms. The van der Waals surface area contributed by atoms with Crippen LogP contribution in [0.25, 0.3) is 0 Å². The number of aliphatic hydroxyl groups excluding tert-OH is 1. The molecule has 0 fully saturated rings. The fourth-order valence-electron chi connectivity index (χ4n) is 0.845. The number of aliphatic hydroxyl groups is 1. The highest BCUT2D eigenvalue weighted by atomic mass is 16.4. The third-order valence-corrected chi connectivity index (χ3v) is 1.51. The zero-order valence-electron chi connectivity index (χ0n) is 7.14. The van der Waals surface area contributed by atoms with E-state index < -0.39 is 12.1 Å². The summed E-state index contributed by atoms with van der Waals surface area (Å²) < 4.78 is 0. The number of rotatable bonds is 3. The summed E-state index contributed by atoms with van der Waals surface area (Å²) in [5.74, 6) is -1.06. The molecule has 0 aliphatic carbocycles. The maximum atomic E-state index is 10.2. The molecule has 5 heteroatoms. The first kappa shape index (κ1) is 9.60. The lowest BCUT2D eigenvalue weighted by Crippen LogP contribution is -2.07. The molecule has 1 atom stereocenters. The van der Waals surface area contributed by atoms with Crippen molar-refractivity contribution in [1.82, 2.24) is 9.97 Å². The minimum atomic E-state index is -1.08. The second-order valence-electron chi connectivity index (χ2n) is 2.70. The maximum absolute atomic E-state index is 10.2. The highest BCUT2D eigenvalue weighted by molar-refractivity contribution is 5.67. The fourth-order valence-corrected chi connectivity index (χ4v) is 0.845. The van der Waals surface area contributed by atoms with E-state index in [-0.39, 0.29) is 12.1 Å². The summed E-state index contributed by atoms with van der Waals surface area (Å²) in [5.41, 5.74) is 1.01. The van der Waals surface area contributed by atoms with E-state index in [4.69, 9.17) is 5.11 Å². The molecule has 0 bridgehead atoms. The first-order chi connectivity index (χ1) is 6.09. The van der Waals surface area contributed by atoms with Crippen LogP contribution in [0.2, 0.25) is 0 Å². The van der Waals surface area contributed by atoms with E-state index in [1.807, 2.05) is 0 Å². The molecule has 70 valence electrons. The van der Waals surface area contributed by atoms with Crippen molar-refractivity contribution in [3.05, 3.63) is 23.8 Å². The van der Waals surface area contributed by atoms with Crippen LogP contribution in [0.15, 0.2) is 12.4 Å². The lowest BCUT2D eigenvalue weighted by atomic mass is 10.2. The number of aromatic nitrogens is 2. The van der Waals surface area contributed by atoms with Crippen molar-refractivity contribution in [1.29, 1.82) is 0 Å². The average molecular weight is 182 g/mol. The number of carbonyl (C=O) groups is 1. The van der Waals surface area contributed by atoms with Crippen molar-refractivity contribution >= 4 is 5.97 Å². The van der Waals surface area contributed by atoms with Gasteiger partial charge in [-0.05, 0) is 6.92 Å². The summed E-state index contributed by atoms with van der Waals surface area (Å²) in [6, 6.07) is 0. The summed E-state index contributed by atoms with van der Waals surface area (Å²) in [4.78, 5) is 18.0. The van der Waals surface area contributed by atoms with Gasteiger partial charge in [-0.25, -0.2) is 0 Å². The second-order valence-corrected chi connectivity index (χ2v) is 2.70. The molecule has 0 amide bonds. The van der Waals surface area contributed by atoms with Crippen LogP contribution in [0.3, 0.4) is 0 Å². The summed E-state index contributed by atoms with van der Waals surface area (Å²) >= 11 is 0. The second kappa shape index (κ2) is 3.95. The number of carboxylic acid groups (broad SMARTS) is 1. The van der Waals surface area contributed by atoms with Crippen molar-refractivity contribution < 1.29 is 15.0 Å². The Hall–Kier alpha value is -1.49. The van der Waals surface area contributed by atoms with Crippen LogP contribution in [0.1, 0.15) is 23.9 Å². The van der Waals surface area contributed by atoms with Crippen molar-refractivity contribution in [3.63, 3.8) is 0 Å². The molecule has 1 aromatic heterocycles. The number of hydrogen-bond donors (Lipinski definition) is 2. The highest BCUT2D eigenvalue weighted by Crippen LogP contribution is 2.12. The minimum absolute atomic E-state index is 0.285. The van der Waals surface area contributed by atoms with E-state index in [2.05, 4.69) is 9.97 Å². The smallest absolute Gasteiger partial charge is 0.306 e. The molecule has 0 spiro atoms. The molecule has 5 nitrogen and oxygen atoms in total. The number of aryl methyl sites for hydroxylation is 1. The highest BCUT2D eigenvalue weighted by Gasteiger charge is 2.13. The zero-order valence-corrected chi connectivity index (χ0v) is 7.14. The van der Waals surface area contributed by atoms with Crippen LogP contribution in [0, 0.1) is 6.92 Å². The van der Waals surface area contributed by atoms with Crippen molar-refractivity contribution in [3.8, 4) is 0 Å². The molecule has 1 unspecified atom stereocenters. The van der Waals surface area contributed by atoms with Crippen molar-refractivity contribution in [2.24, 2.45) is 0 Å². The monoisotopic (exact) mass is 182 g/mol. The van der Waals surface area contributed by atoms with Gasteiger partial charge in [0.15, 0.2) is 0 Å². The van der Waals surface area contributed by atoms with Gasteiger partial charge in [-0.2, -0.15) is 0 Å². The number of hydrogen-bond acceptors (Lipinski definition) is 4. The summed E-state index contributed by atoms with van der Waals surface area (Å²) in [6.45, 7) is 1.76. The average Bonchev–Trinajstić information content (AvgIpc) is 2.04. The number of nitrogens with zero attached hydrogens (tertiary/aromatic N) is 2. The van der Waals surface area contributed by atoms with E-state index in [0.717, 1.165) is 5.69 Å². The third kappa shape index (κ3) is 2.79. The summed E-state index contributed by atoms with van der Waals surface area (Å²) in [5, 5.41) is 17.7. The van der Waals surface area contributed by atoms with Crippen LogP contribution in [-0.2, 0) is 4.79 Å². The van der Waals surface area contributed by atoms with Gasteiger partial charge in [0, 0.05) is 6.20 Å². The molecule has 0 saturated carbocycles. The standard InChI is InChI=1S/C8H10N2O3/c1-5-3-10-6(4-9-5)7(11)2-8(12)13/h3-4,7,11H,2H2,1H3,(H,12,13). The Balaban J connectivity index is 2.71. The lowest BCUT2D eigenvalue weighted by Gasteiger charge is -2.05. The predicted octanol–water partition coefficient (Wildman–Crippen LogP) is 0.293. The zero-order chi connectivity index (χ0) is 9.84. The Morgan fingerprint density at radius 1 is 1.54 bits per heavy atom. The predicted molar refractivity (Wildman–Crippen MR) is 44.0 cm³/mol. The van der Waals surface area contributed by atoms with E-state index >= 15 is 0 Å². The summed E-state index contributed by atoms with van der Waals surface area (Å²) in [7, 11) is 0. The molecule has 2 N–H and O–H groups in total. The van der Waals surface area contributed by atoms with Crippen LogP contribution >= 0.6 is 0 Å². The van der Waals surface area contributed by atoms with E-state index in [0.29, 0.717) is 0 Å². The number of carboxylic acids is 1. The molecular formula is C8H10N2O3. The first-order valence-corrected chi connectivity index (χ1v) is 3.78. The Kier molecular flexibility index (Phi) is 2.92. The van der Waals surface area contributed by atoms with Gasteiger partial charge in [0.05, 0.1) is 24.0 Å². The topological polar surface area (TPSA) is 83.3 Å². The third-order valence-electron chi connectivity index (χ3n) is 1.51. The Labute approximate surface area is 75.1 Å². The molecule has 0 saturated heterocycles. The molecular weight excluding hydrogens is 172 g/mol.